The predicted molar refractivity (Wildman–Crippen MR) is 79.2 cm³/mol. The molecule has 2 N–H and O–H groups in total. The Morgan fingerprint density at radius 3 is 2.74 bits per heavy atom. The molecule has 1 aromatic carbocycles. The zero-order chi connectivity index (χ0) is 13.8. The number of hydrogen-bond donors (Lipinski definition) is 1. The summed E-state index contributed by atoms with van der Waals surface area (Å²) in [4.78, 5) is 2.50. The average Bonchev–Trinajstić information content (AvgIpc) is 2.43. The van der Waals surface area contributed by atoms with Gasteiger partial charge >= 0.3 is 0 Å². The smallest absolute Gasteiger partial charge is 0.0599 e. The third kappa shape index (κ3) is 3.56. The number of nitrogens with two attached hydrogens (primary N) is 1. The summed E-state index contributed by atoms with van der Waals surface area (Å²) in [6, 6.07) is 7.19. The van der Waals surface area contributed by atoms with E-state index in [1.54, 1.807) is 7.11 Å². The van der Waals surface area contributed by atoms with E-state index >= 15 is 0 Å². The molecule has 0 aromatic heterocycles. The third-order valence-corrected chi connectivity index (χ3v) is 4.35. The molecule has 1 aliphatic rings. The van der Waals surface area contributed by atoms with Crippen LogP contribution >= 0.6 is 0 Å². The molecule has 3 heteroatoms. The van der Waals surface area contributed by atoms with Crippen molar-refractivity contribution < 1.29 is 4.74 Å². The lowest BCUT2D eigenvalue weighted by atomic mass is 9.98. The van der Waals surface area contributed by atoms with Crippen LogP contribution in [0, 0.1) is 13.8 Å². The first kappa shape index (κ1) is 14.5. The minimum atomic E-state index is 0.379. The fourth-order valence-electron chi connectivity index (χ4n) is 2.87. The predicted octanol–water partition coefficient (Wildman–Crippen LogP) is 2.24. The normalized spacial score (nSPS) is 24.6. The molecule has 1 aliphatic heterocycles. The van der Waals surface area contributed by atoms with Gasteiger partial charge in [-0.25, -0.2) is 0 Å². The molecule has 0 saturated carbocycles. The average molecular weight is 262 g/mol. The molecule has 1 aromatic rings. The quantitative estimate of drug-likeness (QED) is 0.904. The van der Waals surface area contributed by atoms with Gasteiger partial charge in [0.1, 0.15) is 0 Å². The number of nitrogens with zero attached hydrogens (tertiary/aromatic N) is 1. The van der Waals surface area contributed by atoms with E-state index in [0.29, 0.717) is 18.7 Å². The fourth-order valence-corrected chi connectivity index (χ4v) is 2.87. The second kappa shape index (κ2) is 6.51. The van der Waals surface area contributed by atoms with E-state index in [2.05, 4.69) is 36.9 Å². The van der Waals surface area contributed by atoms with Crippen LogP contribution in [-0.4, -0.2) is 37.2 Å². The molecule has 3 nitrogen and oxygen atoms in total. The third-order valence-electron chi connectivity index (χ3n) is 4.35. The molecule has 1 saturated heterocycles. The van der Waals surface area contributed by atoms with Gasteiger partial charge in [0.05, 0.1) is 6.10 Å². The van der Waals surface area contributed by atoms with Gasteiger partial charge < -0.3 is 10.5 Å². The monoisotopic (exact) mass is 262 g/mol. The van der Waals surface area contributed by atoms with Crippen LogP contribution in [0.25, 0.3) is 0 Å². The number of hydrogen-bond acceptors (Lipinski definition) is 3. The highest BCUT2D eigenvalue weighted by atomic mass is 16.5. The first-order valence-corrected chi connectivity index (χ1v) is 7.17. The number of ether oxygens (including phenoxy) is 1. The summed E-state index contributed by atoms with van der Waals surface area (Å²) in [5.74, 6) is 0. The van der Waals surface area contributed by atoms with Crippen molar-refractivity contribution in [2.24, 2.45) is 5.73 Å². The van der Waals surface area contributed by atoms with E-state index in [-0.39, 0.29) is 0 Å². The van der Waals surface area contributed by atoms with Gasteiger partial charge in [0.2, 0.25) is 0 Å². The van der Waals surface area contributed by atoms with E-state index in [1.165, 1.54) is 16.7 Å². The number of benzene rings is 1. The number of methoxy groups -OCH3 is 1. The van der Waals surface area contributed by atoms with Crippen molar-refractivity contribution in [1.29, 1.82) is 0 Å². The van der Waals surface area contributed by atoms with Gasteiger partial charge in [0.25, 0.3) is 0 Å². The second-order valence-corrected chi connectivity index (χ2v) is 5.66. The van der Waals surface area contributed by atoms with Gasteiger partial charge in [-0.2, -0.15) is 0 Å². The van der Waals surface area contributed by atoms with E-state index in [9.17, 15) is 0 Å². The van der Waals surface area contributed by atoms with Crippen LogP contribution in [0.4, 0.5) is 0 Å². The lowest BCUT2D eigenvalue weighted by Crippen LogP contribution is -2.47. The SMILES string of the molecule is COC1CCN(Cc2ccc(C)c(C)c2)C(CN)C1. The number of piperidine rings is 1. The molecule has 2 atom stereocenters. The van der Waals surface area contributed by atoms with Crippen LogP contribution in [0.3, 0.4) is 0 Å². The summed E-state index contributed by atoms with van der Waals surface area (Å²) >= 11 is 0. The highest BCUT2D eigenvalue weighted by molar-refractivity contribution is 5.29. The summed E-state index contributed by atoms with van der Waals surface area (Å²) in [6.45, 7) is 7.12. The van der Waals surface area contributed by atoms with Crippen molar-refractivity contribution in [2.45, 2.75) is 45.4 Å². The molecule has 1 heterocycles. The van der Waals surface area contributed by atoms with Crippen molar-refractivity contribution in [3.8, 4) is 0 Å². The van der Waals surface area contributed by atoms with E-state index in [4.69, 9.17) is 10.5 Å². The summed E-state index contributed by atoms with van der Waals surface area (Å²) in [6.07, 6.45) is 2.54. The lowest BCUT2D eigenvalue weighted by molar-refractivity contribution is 0.0102. The highest BCUT2D eigenvalue weighted by Crippen LogP contribution is 2.22. The van der Waals surface area contributed by atoms with Gasteiger partial charge in [0, 0.05) is 32.8 Å². The molecule has 0 amide bonds. The minimum Gasteiger partial charge on any atom is -0.381 e. The van der Waals surface area contributed by atoms with Gasteiger partial charge in [-0.3, -0.25) is 4.90 Å². The Balaban J connectivity index is 2.03. The fraction of sp³-hybridized carbons (Fsp3) is 0.625. The second-order valence-electron chi connectivity index (χ2n) is 5.66. The summed E-state index contributed by atoms with van der Waals surface area (Å²) in [7, 11) is 1.80. The molecule has 0 radical (unpaired) electrons. The first-order valence-electron chi connectivity index (χ1n) is 7.17. The Hall–Kier alpha value is -0.900. The molecule has 19 heavy (non-hydrogen) atoms. The van der Waals surface area contributed by atoms with Crippen LogP contribution in [0.15, 0.2) is 18.2 Å². The Bertz CT molecular complexity index is 419. The first-order chi connectivity index (χ1) is 9.13. The highest BCUT2D eigenvalue weighted by Gasteiger charge is 2.27. The Kier molecular flexibility index (Phi) is 4.97. The molecule has 2 unspecified atom stereocenters. The van der Waals surface area contributed by atoms with Crippen molar-refractivity contribution in [3.05, 3.63) is 34.9 Å². The molecule has 106 valence electrons. The van der Waals surface area contributed by atoms with Crippen molar-refractivity contribution in [1.82, 2.24) is 4.90 Å². The standard InChI is InChI=1S/C16H26N2O/c1-12-4-5-14(8-13(12)2)11-18-7-6-16(19-3)9-15(18)10-17/h4-5,8,15-16H,6-7,9-11,17H2,1-3H3. The molecule has 0 bridgehead atoms. The van der Waals surface area contributed by atoms with E-state index in [1.807, 2.05) is 0 Å². The summed E-state index contributed by atoms with van der Waals surface area (Å²) in [5, 5.41) is 0. The summed E-state index contributed by atoms with van der Waals surface area (Å²) in [5.41, 5.74) is 10.0. The van der Waals surface area contributed by atoms with Crippen LogP contribution in [0.1, 0.15) is 29.5 Å². The maximum atomic E-state index is 5.92. The van der Waals surface area contributed by atoms with Crippen LogP contribution in [0.2, 0.25) is 0 Å². The lowest BCUT2D eigenvalue weighted by Gasteiger charge is -2.38. The Labute approximate surface area is 116 Å². The van der Waals surface area contributed by atoms with E-state index in [0.717, 1.165) is 25.9 Å². The molecule has 1 fully saturated rings. The number of aryl methyl sites for hydroxylation is 2. The molecule has 0 aliphatic carbocycles. The van der Waals surface area contributed by atoms with Gasteiger partial charge in [-0.15, -0.1) is 0 Å². The van der Waals surface area contributed by atoms with E-state index < -0.39 is 0 Å². The maximum Gasteiger partial charge on any atom is 0.0599 e. The number of likely N-dealkylation sites (tertiary alicyclic amines) is 1. The Morgan fingerprint density at radius 2 is 2.11 bits per heavy atom. The van der Waals surface area contributed by atoms with Crippen LogP contribution < -0.4 is 5.73 Å². The van der Waals surface area contributed by atoms with Crippen molar-refractivity contribution >= 4 is 0 Å². The molecular formula is C16H26N2O. The van der Waals surface area contributed by atoms with Crippen LogP contribution in [-0.2, 0) is 11.3 Å². The Morgan fingerprint density at radius 1 is 1.32 bits per heavy atom. The maximum absolute atomic E-state index is 5.92. The van der Waals surface area contributed by atoms with Gasteiger partial charge in [0.15, 0.2) is 0 Å². The van der Waals surface area contributed by atoms with Gasteiger partial charge in [-0.1, -0.05) is 18.2 Å². The number of rotatable bonds is 4. The zero-order valence-electron chi connectivity index (χ0n) is 12.4. The minimum absolute atomic E-state index is 0.379. The topological polar surface area (TPSA) is 38.5 Å². The summed E-state index contributed by atoms with van der Waals surface area (Å²) < 4.78 is 5.47. The molecular weight excluding hydrogens is 236 g/mol. The van der Waals surface area contributed by atoms with Gasteiger partial charge in [-0.05, 0) is 43.4 Å². The van der Waals surface area contributed by atoms with Crippen molar-refractivity contribution in [2.75, 3.05) is 20.2 Å². The van der Waals surface area contributed by atoms with Crippen molar-refractivity contribution in [3.63, 3.8) is 0 Å². The molecule has 2 rings (SSSR count). The zero-order valence-corrected chi connectivity index (χ0v) is 12.4. The van der Waals surface area contributed by atoms with Crippen LogP contribution in [0.5, 0.6) is 0 Å². The molecule has 0 spiro atoms. The largest absolute Gasteiger partial charge is 0.381 e.